The van der Waals surface area contributed by atoms with Crippen LogP contribution in [0.25, 0.3) is 0 Å². The standard InChI is InChI=1S/C6H6OS.C5H4O2S.C4H4S.O2/c1-5(7)6-3-2-4-8-6;6-5(7)4-2-1-3-8-4;1-2-4-5-3-1;1-2/h2-4H,1H3;1-3H,(H,6,7);1-4H;. The van der Waals surface area contributed by atoms with Crippen molar-refractivity contribution in [3.05, 3.63) is 77.6 Å². The first-order valence-corrected chi connectivity index (χ1v) is 8.76. The average Bonchev–Trinajstić information content (AvgIpc) is 3.34. The molecule has 122 valence electrons. The Morgan fingerprint density at radius 1 is 0.826 bits per heavy atom. The summed E-state index contributed by atoms with van der Waals surface area (Å²) < 4.78 is 0. The fourth-order valence-corrected chi connectivity index (χ4v) is 2.75. The maximum atomic E-state index is 10.5. The Kier molecular flexibility index (Phi) is 12.2. The van der Waals surface area contributed by atoms with Crippen molar-refractivity contribution in [2.45, 2.75) is 6.92 Å². The molecule has 0 aliphatic heterocycles. The highest BCUT2D eigenvalue weighted by molar-refractivity contribution is 7.12. The summed E-state index contributed by atoms with van der Waals surface area (Å²) in [4.78, 5) is 35.8. The SMILES string of the molecule is CC(=O)c1cccs1.O=C(O)c1cccs1.O=O.c1ccsc1. The van der Waals surface area contributed by atoms with Crippen LogP contribution in [0.3, 0.4) is 0 Å². The van der Waals surface area contributed by atoms with E-state index in [1.54, 1.807) is 35.8 Å². The lowest BCUT2D eigenvalue weighted by atomic mass is 10.4. The van der Waals surface area contributed by atoms with Gasteiger partial charge in [-0.15, -0.1) is 22.7 Å². The molecule has 0 aliphatic rings. The van der Waals surface area contributed by atoms with Crippen molar-refractivity contribution in [1.82, 2.24) is 0 Å². The Hall–Kier alpha value is -2.16. The summed E-state index contributed by atoms with van der Waals surface area (Å²) in [6, 6.07) is 11.0. The minimum atomic E-state index is -0.847. The van der Waals surface area contributed by atoms with Gasteiger partial charge in [-0.1, -0.05) is 24.3 Å². The molecule has 1 N–H and O–H groups in total. The molecule has 0 radical (unpaired) electrons. The number of carbonyl (C=O) groups is 2. The van der Waals surface area contributed by atoms with Crippen molar-refractivity contribution < 1.29 is 14.7 Å². The van der Waals surface area contributed by atoms with E-state index in [1.807, 2.05) is 40.4 Å². The van der Waals surface area contributed by atoms with E-state index >= 15 is 0 Å². The van der Waals surface area contributed by atoms with E-state index in [-0.39, 0.29) is 5.78 Å². The van der Waals surface area contributed by atoms with Crippen molar-refractivity contribution in [2.24, 2.45) is 0 Å². The molecule has 3 aromatic rings. The third-order valence-corrected chi connectivity index (χ3v) is 4.48. The number of carboxylic acids is 1. The lowest BCUT2D eigenvalue weighted by molar-refractivity contribution is 0.0702. The van der Waals surface area contributed by atoms with Gasteiger partial charge >= 0.3 is 5.97 Å². The fraction of sp³-hybridized carbons (Fsp3) is 0.0667. The minimum Gasteiger partial charge on any atom is -0.477 e. The van der Waals surface area contributed by atoms with E-state index in [2.05, 4.69) is 0 Å². The second-order valence-corrected chi connectivity index (χ2v) is 6.32. The number of carbonyl (C=O) groups excluding carboxylic acids is 1. The molecule has 5 nitrogen and oxygen atoms in total. The van der Waals surface area contributed by atoms with Crippen LogP contribution in [-0.2, 0) is 0 Å². The lowest BCUT2D eigenvalue weighted by Gasteiger charge is -1.79. The van der Waals surface area contributed by atoms with E-state index in [9.17, 15) is 9.59 Å². The summed E-state index contributed by atoms with van der Waals surface area (Å²) in [5, 5.41) is 16.0. The predicted molar refractivity (Wildman–Crippen MR) is 96.7 cm³/mol. The van der Waals surface area contributed by atoms with Crippen LogP contribution in [0, 0.1) is 9.93 Å². The second-order valence-electron chi connectivity index (χ2n) is 3.61. The van der Waals surface area contributed by atoms with Gasteiger partial charge in [0, 0.05) is 9.93 Å². The normalized spacial score (nSPS) is 8.22. The molecule has 0 fully saturated rings. The summed E-state index contributed by atoms with van der Waals surface area (Å²) in [5.74, 6) is -0.694. The van der Waals surface area contributed by atoms with E-state index in [1.165, 1.54) is 22.7 Å². The minimum absolute atomic E-state index is 0.153. The number of Topliss-reactive ketones (excluding diaryl/α,β-unsaturated/α-hetero) is 1. The number of aromatic carboxylic acids is 1. The van der Waals surface area contributed by atoms with Crippen LogP contribution < -0.4 is 0 Å². The molecule has 23 heavy (non-hydrogen) atoms. The molecule has 0 aliphatic carbocycles. The van der Waals surface area contributed by atoms with Crippen LogP contribution in [0.1, 0.15) is 26.3 Å². The van der Waals surface area contributed by atoms with Crippen molar-refractivity contribution in [1.29, 1.82) is 0 Å². The molecule has 0 saturated heterocycles. The first-order chi connectivity index (χ1) is 11.1. The largest absolute Gasteiger partial charge is 0.477 e. The van der Waals surface area contributed by atoms with Crippen molar-refractivity contribution in [3.63, 3.8) is 0 Å². The smallest absolute Gasteiger partial charge is 0.345 e. The number of thiophene rings is 3. The van der Waals surface area contributed by atoms with E-state index in [0.717, 1.165) is 4.88 Å². The average molecular weight is 370 g/mol. The van der Waals surface area contributed by atoms with Crippen LogP contribution in [0.5, 0.6) is 0 Å². The van der Waals surface area contributed by atoms with Crippen LogP contribution in [0.15, 0.2) is 57.9 Å². The molecule has 0 aromatic carbocycles. The maximum Gasteiger partial charge on any atom is 0.345 e. The van der Waals surface area contributed by atoms with Gasteiger partial charge in [-0.3, -0.25) is 4.79 Å². The first-order valence-electron chi connectivity index (χ1n) is 6.06. The Balaban J connectivity index is 0.000000306. The molecular formula is C15H14O5S3. The Bertz CT molecular complexity index is 569. The molecule has 8 heteroatoms. The van der Waals surface area contributed by atoms with Crippen LogP contribution in [0.4, 0.5) is 0 Å². The number of rotatable bonds is 2. The third kappa shape index (κ3) is 10.2. The van der Waals surface area contributed by atoms with Gasteiger partial charge in [0.1, 0.15) is 4.88 Å². The Morgan fingerprint density at radius 3 is 1.48 bits per heavy atom. The second kappa shape index (κ2) is 13.5. The molecule has 0 unspecified atom stereocenters. The van der Waals surface area contributed by atoms with Crippen LogP contribution >= 0.6 is 34.0 Å². The van der Waals surface area contributed by atoms with Gasteiger partial charge in [0.05, 0.1) is 4.88 Å². The molecular weight excluding hydrogens is 356 g/mol. The monoisotopic (exact) mass is 370 g/mol. The molecule has 0 amide bonds. The predicted octanol–water partition coefficient (Wildman–Crippen LogP) is 5.21. The van der Waals surface area contributed by atoms with Gasteiger partial charge in [0.2, 0.25) is 0 Å². The summed E-state index contributed by atoms with van der Waals surface area (Å²) in [6.45, 7) is 1.58. The van der Waals surface area contributed by atoms with E-state index in [4.69, 9.17) is 15.0 Å². The van der Waals surface area contributed by atoms with E-state index in [0.29, 0.717) is 4.88 Å². The van der Waals surface area contributed by atoms with Crippen LogP contribution in [0.2, 0.25) is 0 Å². The number of ketones is 1. The van der Waals surface area contributed by atoms with Crippen molar-refractivity contribution in [3.8, 4) is 0 Å². The zero-order valence-electron chi connectivity index (χ0n) is 12.1. The van der Waals surface area contributed by atoms with Gasteiger partial charge < -0.3 is 5.11 Å². The van der Waals surface area contributed by atoms with Crippen LogP contribution in [-0.4, -0.2) is 16.9 Å². The van der Waals surface area contributed by atoms with Gasteiger partial charge in [-0.25, -0.2) is 4.79 Å². The van der Waals surface area contributed by atoms with Crippen molar-refractivity contribution >= 4 is 45.8 Å². The van der Waals surface area contributed by atoms with E-state index < -0.39 is 5.97 Å². The van der Waals surface area contributed by atoms with Gasteiger partial charge in [0.15, 0.2) is 5.78 Å². The molecule has 0 spiro atoms. The molecule has 0 saturated carbocycles. The van der Waals surface area contributed by atoms with Gasteiger partial charge in [0.25, 0.3) is 0 Å². The van der Waals surface area contributed by atoms with Gasteiger partial charge in [-0.2, -0.15) is 11.3 Å². The first kappa shape index (κ1) is 20.8. The Morgan fingerprint density at radius 2 is 1.30 bits per heavy atom. The van der Waals surface area contributed by atoms with Crippen molar-refractivity contribution in [2.75, 3.05) is 0 Å². The lowest BCUT2D eigenvalue weighted by Crippen LogP contribution is -1.89. The number of hydrogen-bond acceptors (Lipinski definition) is 7. The molecule has 3 aromatic heterocycles. The summed E-state index contributed by atoms with van der Waals surface area (Å²) in [6.07, 6.45) is 0. The third-order valence-electron chi connectivity index (χ3n) is 2.03. The Labute approximate surface area is 145 Å². The maximum absolute atomic E-state index is 10.5. The summed E-state index contributed by atoms with van der Waals surface area (Å²) in [7, 11) is 0. The molecule has 0 atom stereocenters. The molecule has 3 heterocycles. The molecule has 0 bridgehead atoms. The highest BCUT2D eigenvalue weighted by Crippen LogP contribution is 2.08. The zero-order valence-corrected chi connectivity index (χ0v) is 14.5. The quantitative estimate of drug-likeness (QED) is 0.625. The number of carboxylic acid groups (broad SMARTS) is 1. The summed E-state index contributed by atoms with van der Waals surface area (Å²) in [5.41, 5.74) is 0. The zero-order chi connectivity index (χ0) is 17.5. The summed E-state index contributed by atoms with van der Waals surface area (Å²) >= 11 is 4.43. The fourth-order valence-electron chi connectivity index (χ4n) is 1.11. The topological polar surface area (TPSA) is 88.5 Å². The molecule has 3 rings (SSSR count). The number of hydrogen-bond donors (Lipinski definition) is 1. The van der Waals surface area contributed by atoms with Gasteiger partial charge in [-0.05, 0) is 40.6 Å². The highest BCUT2D eigenvalue weighted by atomic mass is 32.1. The highest BCUT2D eigenvalue weighted by Gasteiger charge is 1.99.